The Kier molecular flexibility index (Phi) is 6.42. The first-order valence-electron chi connectivity index (χ1n) is 9.52. The van der Waals surface area contributed by atoms with Crippen LogP contribution in [0.5, 0.6) is 5.75 Å². The molecule has 0 aliphatic heterocycles. The first-order chi connectivity index (χ1) is 13.5. The lowest BCUT2D eigenvalue weighted by molar-refractivity contribution is -0.117. The van der Waals surface area contributed by atoms with E-state index in [0.717, 1.165) is 12.8 Å². The highest BCUT2D eigenvalue weighted by molar-refractivity contribution is 6.00. The number of ketones is 1. The molecule has 0 atom stereocenters. The van der Waals surface area contributed by atoms with Gasteiger partial charge in [0.1, 0.15) is 5.75 Å². The smallest absolute Gasteiger partial charge is 0.227 e. The zero-order valence-corrected chi connectivity index (χ0v) is 15.9. The average Bonchev–Trinajstić information content (AvgIpc) is 3.54. The highest BCUT2D eigenvalue weighted by Gasteiger charge is 2.29. The molecule has 0 heterocycles. The summed E-state index contributed by atoms with van der Waals surface area (Å²) in [6, 6.07) is 13.9. The molecule has 0 saturated heterocycles. The summed E-state index contributed by atoms with van der Waals surface area (Å²) in [5.41, 5.74) is 1.90. The number of nitrogens with one attached hydrogen (secondary N) is 2. The fourth-order valence-corrected chi connectivity index (χ4v) is 2.73. The number of anilines is 2. The van der Waals surface area contributed by atoms with Gasteiger partial charge >= 0.3 is 0 Å². The van der Waals surface area contributed by atoms with Crippen molar-refractivity contribution in [2.45, 2.75) is 32.6 Å². The standard InChI is InChI=1S/C22H24N2O4/c1-2-28-19-11-5-15(6-12-19)20(25)13-14-21(26)23-17-7-9-18(10-8-17)24-22(27)16-3-4-16/h5-12,16H,2-4,13-14H2,1H3,(H,23,26)(H,24,27). The second-order valence-electron chi connectivity index (χ2n) is 6.77. The summed E-state index contributed by atoms with van der Waals surface area (Å²) in [6.07, 6.45) is 2.15. The Morgan fingerprint density at radius 3 is 2.07 bits per heavy atom. The molecule has 1 aliphatic rings. The third kappa shape index (κ3) is 5.67. The molecule has 1 aliphatic carbocycles. The number of rotatable bonds is 9. The van der Waals surface area contributed by atoms with Crippen molar-refractivity contribution < 1.29 is 19.1 Å². The first-order valence-corrected chi connectivity index (χ1v) is 9.52. The van der Waals surface area contributed by atoms with E-state index in [-0.39, 0.29) is 36.4 Å². The normalized spacial score (nSPS) is 12.9. The van der Waals surface area contributed by atoms with E-state index in [1.54, 1.807) is 48.5 Å². The minimum atomic E-state index is -0.228. The molecule has 1 saturated carbocycles. The molecule has 1 fully saturated rings. The largest absolute Gasteiger partial charge is 0.494 e. The van der Waals surface area contributed by atoms with Crippen LogP contribution in [-0.2, 0) is 9.59 Å². The lowest BCUT2D eigenvalue weighted by Gasteiger charge is -2.08. The van der Waals surface area contributed by atoms with Gasteiger partial charge in [0.05, 0.1) is 6.61 Å². The third-order valence-corrected chi connectivity index (χ3v) is 4.45. The molecule has 2 N–H and O–H groups in total. The van der Waals surface area contributed by atoms with Crippen LogP contribution in [0.1, 0.15) is 43.0 Å². The fourth-order valence-electron chi connectivity index (χ4n) is 2.73. The van der Waals surface area contributed by atoms with Gasteiger partial charge in [-0.1, -0.05) is 0 Å². The number of benzene rings is 2. The fraction of sp³-hybridized carbons (Fsp3) is 0.318. The molecular formula is C22H24N2O4. The Labute approximate surface area is 164 Å². The van der Waals surface area contributed by atoms with Gasteiger partial charge in [-0.15, -0.1) is 0 Å². The number of ether oxygens (including phenoxy) is 1. The first kappa shape index (κ1) is 19.6. The van der Waals surface area contributed by atoms with Crippen molar-refractivity contribution in [3.05, 3.63) is 54.1 Å². The van der Waals surface area contributed by atoms with Gasteiger partial charge in [-0.25, -0.2) is 0 Å². The van der Waals surface area contributed by atoms with Crippen LogP contribution < -0.4 is 15.4 Å². The van der Waals surface area contributed by atoms with Crippen LogP contribution in [0.3, 0.4) is 0 Å². The van der Waals surface area contributed by atoms with Gasteiger partial charge < -0.3 is 15.4 Å². The van der Waals surface area contributed by atoms with E-state index in [0.29, 0.717) is 29.3 Å². The molecule has 0 unspecified atom stereocenters. The lowest BCUT2D eigenvalue weighted by Crippen LogP contribution is -2.14. The van der Waals surface area contributed by atoms with Gasteiger partial charge in [0.2, 0.25) is 11.8 Å². The molecule has 0 bridgehead atoms. The number of hydrogen-bond acceptors (Lipinski definition) is 4. The van der Waals surface area contributed by atoms with Gasteiger partial charge in [0.15, 0.2) is 5.78 Å². The van der Waals surface area contributed by atoms with E-state index >= 15 is 0 Å². The Morgan fingerprint density at radius 2 is 1.50 bits per heavy atom. The molecule has 0 aromatic heterocycles. The number of hydrogen-bond donors (Lipinski definition) is 2. The maximum absolute atomic E-state index is 12.2. The van der Waals surface area contributed by atoms with Gasteiger partial charge in [0.25, 0.3) is 0 Å². The molecule has 3 rings (SSSR count). The summed E-state index contributed by atoms with van der Waals surface area (Å²) in [7, 11) is 0. The molecular weight excluding hydrogens is 356 g/mol. The Balaban J connectivity index is 1.44. The molecule has 2 aromatic rings. The lowest BCUT2D eigenvalue weighted by atomic mass is 10.1. The predicted octanol–water partition coefficient (Wildman–Crippen LogP) is 4.04. The topological polar surface area (TPSA) is 84.5 Å². The highest BCUT2D eigenvalue weighted by atomic mass is 16.5. The van der Waals surface area contributed by atoms with Crippen LogP contribution in [-0.4, -0.2) is 24.2 Å². The van der Waals surface area contributed by atoms with Crippen molar-refractivity contribution in [1.29, 1.82) is 0 Å². The van der Waals surface area contributed by atoms with Gasteiger partial charge in [-0.3, -0.25) is 14.4 Å². The van der Waals surface area contributed by atoms with Crippen molar-refractivity contribution in [3.8, 4) is 5.75 Å². The van der Waals surface area contributed by atoms with E-state index in [1.165, 1.54) is 0 Å². The van der Waals surface area contributed by atoms with Crippen LogP contribution >= 0.6 is 0 Å². The second kappa shape index (κ2) is 9.17. The molecule has 2 amide bonds. The van der Waals surface area contributed by atoms with E-state index in [1.807, 2.05) is 6.92 Å². The Hall–Kier alpha value is -3.15. The molecule has 28 heavy (non-hydrogen) atoms. The minimum Gasteiger partial charge on any atom is -0.494 e. The highest BCUT2D eigenvalue weighted by Crippen LogP contribution is 2.30. The maximum Gasteiger partial charge on any atom is 0.227 e. The summed E-state index contributed by atoms with van der Waals surface area (Å²) < 4.78 is 5.35. The molecule has 6 heteroatoms. The predicted molar refractivity (Wildman–Crippen MR) is 108 cm³/mol. The van der Waals surface area contributed by atoms with E-state index in [9.17, 15) is 14.4 Å². The summed E-state index contributed by atoms with van der Waals surface area (Å²) in [4.78, 5) is 36.0. The summed E-state index contributed by atoms with van der Waals surface area (Å²) in [5, 5.41) is 5.62. The van der Waals surface area contributed by atoms with Crippen LogP contribution in [0, 0.1) is 5.92 Å². The zero-order valence-electron chi connectivity index (χ0n) is 15.9. The Morgan fingerprint density at radius 1 is 0.893 bits per heavy atom. The number of carbonyl (C=O) groups is 3. The van der Waals surface area contributed by atoms with Crippen LogP contribution in [0.4, 0.5) is 11.4 Å². The SMILES string of the molecule is CCOc1ccc(C(=O)CCC(=O)Nc2ccc(NC(=O)C3CC3)cc2)cc1. The van der Waals surface area contributed by atoms with E-state index in [2.05, 4.69) is 10.6 Å². The molecule has 0 radical (unpaired) electrons. The van der Waals surface area contributed by atoms with Crippen molar-refractivity contribution in [2.75, 3.05) is 17.2 Å². The second-order valence-corrected chi connectivity index (χ2v) is 6.77. The maximum atomic E-state index is 12.2. The van der Waals surface area contributed by atoms with Crippen molar-refractivity contribution in [1.82, 2.24) is 0 Å². The number of Topliss-reactive ketones (excluding diaryl/α,β-unsaturated/α-hetero) is 1. The number of carbonyl (C=O) groups excluding carboxylic acids is 3. The summed E-state index contributed by atoms with van der Waals surface area (Å²) in [6.45, 7) is 2.47. The summed E-state index contributed by atoms with van der Waals surface area (Å²) in [5.74, 6) is 0.593. The molecule has 2 aromatic carbocycles. The van der Waals surface area contributed by atoms with Gasteiger partial charge in [-0.05, 0) is 68.3 Å². The molecule has 0 spiro atoms. The minimum absolute atomic E-state index is 0.0459. The van der Waals surface area contributed by atoms with Crippen LogP contribution in [0.15, 0.2) is 48.5 Å². The van der Waals surface area contributed by atoms with E-state index < -0.39 is 0 Å². The Bertz CT molecular complexity index is 840. The third-order valence-electron chi connectivity index (χ3n) is 4.45. The molecule has 6 nitrogen and oxygen atoms in total. The quantitative estimate of drug-likeness (QED) is 0.643. The zero-order chi connectivity index (χ0) is 19.9. The van der Waals surface area contributed by atoms with Gasteiger partial charge in [-0.2, -0.15) is 0 Å². The number of amides is 2. The monoisotopic (exact) mass is 380 g/mol. The van der Waals surface area contributed by atoms with Crippen molar-refractivity contribution in [3.63, 3.8) is 0 Å². The van der Waals surface area contributed by atoms with Crippen molar-refractivity contribution in [2.24, 2.45) is 5.92 Å². The van der Waals surface area contributed by atoms with Crippen LogP contribution in [0.2, 0.25) is 0 Å². The summed E-state index contributed by atoms with van der Waals surface area (Å²) >= 11 is 0. The molecule has 146 valence electrons. The van der Waals surface area contributed by atoms with E-state index in [4.69, 9.17) is 4.74 Å². The average molecular weight is 380 g/mol. The van der Waals surface area contributed by atoms with Crippen LogP contribution in [0.25, 0.3) is 0 Å². The van der Waals surface area contributed by atoms with Gasteiger partial charge in [0, 0.05) is 35.7 Å². The van der Waals surface area contributed by atoms with Crippen molar-refractivity contribution >= 4 is 29.0 Å².